The van der Waals surface area contributed by atoms with E-state index >= 15 is 0 Å². The zero-order valence-corrected chi connectivity index (χ0v) is 36.1. The van der Waals surface area contributed by atoms with Gasteiger partial charge in [0.1, 0.15) is 0 Å². The molecule has 0 aromatic heterocycles. The molecule has 0 N–H and O–H groups in total. The average molecular weight is 836 g/mol. The number of fused-ring (bicyclic) bond motifs is 6. The van der Waals surface area contributed by atoms with E-state index in [4.69, 9.17) is 0 Å². The summed E-state index contributed by atoms with van der Waals surface area (Å²) < 4.78 is 0. The normalized spacial score (nSPS) is 11.3. The molecule has 0 spiro atoms. The van der Waals surface area contributed by atoms with Crippen molar-refractivity contribution in [3.63, 3.8) is 0 Å². The number of nitriles is 1. The summed E-state index contributed by atoms with van der Waals surface area (Å²) in [5, 5.41) is 20.5. The van der Waals surface area contributed by atoms with Gasteiger partial charge in [0.15, 0.2) is 0 Å². The zero-order valence-electron chi connectivity index (χ0n) is 36.1. The van der Waals surface area contributed by atoms with E-state index in [9.17, 15) is 5.26 Å². The van der Waals surface area contributed by atoms with Crippen LogP contribution in [0, 0.1) is 11.3 Å². The van der Waals surface area contributed by atoms with Gasteiger partial charge in [-0.15, -0.1) is 0 Å². The first-order valence-corrected chi connectivity index (χ1v) is 22.5. The lowest BCUT2D eigenvalue weighted by Gasteiger charge is -2.18. The van der Waals surface area contributed by atoms with E-state index in [1.165, 1.54) is 48.7 Å². The van der Waals surface area contributed by atoms with E-state index in [0.717, 1.165) is 72.3 Å². The van der Waals surface area contributed by atoms with E-state index < -0.39 is 0 Å². The van der Waals surface area contributed by atoms with Gasteiger partial charge in [0.05, 0.1) is 11.6 Å². The van der Waals surface area contributed by atoms with Crippen LogP contribution >= 0.6 is 0 Å². The molecule has 0 fully saturated rings. The molecule has 66 heavy (non-hydrogen) atoms. The summed E-state index contributed by atoms with van der Waals surface area (Å²) in [5.74, 6) is 0. The molecular weight excluding hydrogens is 795 g/mol. The Morgan fingerprint density at radius 2 is 0.606 bits per heavy atom. The SMILES string of the molecule is N#Cc1cc(-c2ccccc2-c2cc(-c3ccccc3)cc(-c3ccc4ccc5ccccc5c4c3)c2)cc(-c2ccccc2-c2ccccc2-c2ccc3c(ccc4ccccc43)c2)c1. The predicted octanol–water partition coefficient (Wildman–Crippen LogP) is 17.8. The summed E-state index contributed by atoms with van der Waals surface area (Å²) in [6, 6.07) is 92.1. The van der Waals surface area contributed by atoms with Gasteiger partial charge in [-0.1, -0.05) is 200 Å². The van der Waals surface area contributed by atoms with E-state index in [2.05, 4.69) is 243 Å². The smallest absolute Gasteiger partial charge is 0.0992 e. The molecule has 0 amide bonds. The van der Waals surface area contributed by atoms with Crippen LogP contribution in [0.4, 0.5) is 0 Å². The third kappa shape index (κ3) is 6.99. The van der Waals surface area contributed by atoms with E-state index in [1.54, 1.807) is 0 Å². The molecular formula is C65H41N. The van der Waals surface area contributed by atoms with Crippen molar-refractivity contribution in [2.24, 2.45) is 0 Å². The van der Waals surface area contributed by atoms with Gasteiger partial charge in [-0.25, -0.2) is 0 Å². The molecule has 0 heterocycles. The largest absolute Gasteiger partial charge is 0.192 e. The Bertz CT molecular complexity index is 3890. The number of benzene rings is 12. The first kappa shape index (κ1) is 38.8. The molecule has 0 aliphatic heterocycles. The van der Waals surface area contributed by atoms with Crippen LogP contribution < -0.4 is 0 Å². The van der Waals surface area contributed by atoms with Crippen molar-refractivity contribution >= 4 is 43.1 Å². The lowest BCUT2D eigenvalue weighted by atomic mass is 9.86. The summed E-state index contributed by atoms with van der Waals surface area (Å²) >= 11 is 0. The quantitative estimate of drug-likeness (QED) is 0.147. The predicted molar refractivity (Wildman–Crippen MR) is 279 cm³/mol. The fourth-order valence-corrected chi connectivity index (χ4v) is 10.0. The lowest BCUT2D eigenvalue weighted by molar-refractivity contribution is 1.47. The fourth-order valence-electron chi connectivity index (χ4n) is 10.0. The highest BCUT2D eigenvalue weighted by molar-refractivity contribution is 6.10. The summed E-state index contributed by atoms with van der Waals surface area (Å²) in [6.07, 6.45) is 0. The number of rotatable bonds is 7. The Kier molecular flexibility index (Phi) is 9.63. The van der Waals surface area contributed by atoms with Crippen molar-refractivity contribution in [3.8, 4) is 84.0 Å². The topological polar surface area (TPSA) is 23.8 Å². The third-order valence-corrected chi connectivity index (χ3v) is 13.2. The second-order valence-corrected chi connectivity index (χ2v) is 17.2. The molecule has 12 aromatic rings. The Morgan fingerprint density at radius 1 is 0.212 bits per heavy atom. The summed E-state index contributed by atoms with van der Waals surface area (Å²) in [7, 11) is 0. The van der Waals surface area contributed by atoms with Crippen LogP contribution in [0.15, 0.2) is 249 Å². The molecule has 0 bridgehead atoms. The van der Waals surface area contributed by atoms with E-state index in [0.29, 0.717) is 5.56 Å². The highest BCUT2D eigenvalue weighted by Crippen LogP contribution is 2.43. The number of hydrogen-bond donors (Lipinski definition) is 0. The van der Waals surface area contributed by atoms with Crippen LogP contribution in [0.2, 0.25) is 0 Å². The lowest BCUT2D eigenvalue weighted by Crippen LogP contribution is -1.92. The molecule has 0 saturated heterocycles. The maximum atomic E-state index is 10.6. The highest BCUT2D eigenvalue weighted by atomic mass is 14.3. The Labute approximate surface area is 384 Å². The van der Waals surface area contributed by atoms with Crippen LogP contribution in [-0.2, 0) is 0 Å². The summed E-state index contributed by atoms with van der Waals surface area (Å²) in [5.41, 5.74) is 16.2. The van der Waals surface area contributed by atoms with Crippen molar-refractivity contribution in [2.75, 3.05) is 0 Å². The van der Waals surface area contributed by atoms with E-state index in [-0.39, 0.29) is 0 Å². The molecule has 12 rings (SSSR count). The van der Waals surface area contributed by atoms with Crippen LogP contribution in [0.1, 0.15) is 5.56 Å². The van der Waals surface area contributed by atoms with Gasteiger partial charge in [-0.2, -0.15) is 5.26 Å². The molecule has 0 aliphatic carbocycles. The van der Waals surface area contributed by atoms with Crippen molar-refractivity contribution in [1.82, 2.24) is 0 Å². The molecule has 0 unspecified atom stereocenters. The third-order valence-electron chi connectivity index (χ3n) is 13.2. The Morgan fingerprint density at radius 3 is 1.23 bits per heavy atom. The number of hydrogen-bond acceptors (Lipinski definition) is 1. The zero-order chi connectivity index (χ0) is 44.0. The second-order valence-electron chi connectivity index (χ2n) is 17.2. The molecule has 0 radical (unpaired) electrons. The average Bonchev–Trinajstić information content (AvgIpc) is 3.40. The van der Waals surface area contributed by atoms with Crippen LogP contribution in [0.25, 0.3) is 121 Å². The summed E-state index contributed by atoms with van der Waals surface area (Å²) in [6.45, 7) is 0. The minimum absolute atomic E-state index is 0.615. The minimum atomic E-state index is 0.615. The first-order valence-electron chi connectivity index (χ1n) is 22.5. The van der Waals surface area contributed by atoms with Crippen molar-refractivity contribution in [1.29, 1.82) is 5.26 Å². The second kappa shape index (κ2) is 16.4. The van der Waals surface area contributed by atoms with Crippen molar-refractivity contribution in [3.05, 3.63) is 254 Å². The van der Waals surface area contributed by atoms with Crippen molar-refractivity contribution in [2.45, 2.75) is 0 Å². The van der Waals surface area contributed by atoms with Gasteiger partial charge in [-0.3, -0.25) is 0 Å². The maximum Gasteiger partial charge on any atom is 0.0992 e. The molecule has 306 valence electrons. The molecule has 0 aliphatic rings. The van der Waals surface area contributed by atoms with Crippen molar-refractivity contribution < 1.29 is 0 Å². The van der Waals surface area contributed by atoms with Crippen LogP contribution in [0.5, 0.6) is 0 Å². The number of nitrogens with zero attached hydrogens (tertiary/aromatic N) is 1. The van der Waals surface area contributed by atoms with Gasteiger partial charge >= 0.3 is 0 Å². The fraction of sp³-hybridized carbons (Fsp3) is 0. The van der Waals surface area contributed by atoms with Crippen LogP contribution in [0.3, 0.4) is 0 Å². The first-order chi connectivity index (χ1) is 32.6. The molecule has 0 saturated carbocycles. The standard InChI is InChI=1S/C65H41N/c66-42-43-34-53(40-54(35-43)61-23-11-13-25-64(61)63-24-12-10-20-58(63)50-32-33-62-49(36-50)31-29-45-16-4-6-18-56(45)62)59-21-8-9-22-60(59)55-38-51(44-14-2-1-3-15-44)37-52(39-55)48-30-28-47-27-26-46-17-5-7-19-57(46)65(47)41-48/h1-41H. The van der Waals surface area contributed by atoms with Gasteiger partial charge in [-0.05, 0) is 170 Å². The monoisotopic (exact) mass is 835 g/mol. The van der Waals surface area contributed by atoms with Gasteiger partial charge < -0.3 is 0 Å². The van der Waals surface area contributed by atoms with Gasteiger partial charge in [0.2, 0.25) is 0 Å². The Balaban J connectivity index is 0.990. The van der Waals surface area contributed by atoms with Gasteiger partial charge in [0.25, 0.3) is 0 Å². The Hall–Kier alpha value is -8.83. The summed E-state index contributed by atoms with van der Waals surface area (Å²) in [4.78, 5) is 0. The molecule has 0 atom stereocenters. The molecule has 1 nitrogen and oxygen atoms in total. The molecule has 1 heteroatoms. The van der Waals surface area contributed by atoms with Gasteiger partial charge in [0, 0.05) is 0 Å². The minimum Gasteiger partial charge on any atom is -0.192 e. The maximum absolute atomic E-state index is 10.6. The van der Waals surface area contributed by atoms with E-state index in [1.807, 2.05) is 12.1 Å². The van der Waals surface area contributed by atoms with Crippen LogP contribution in [-0.4, -0.2) is 0 Å². The molecule has 12 aromatic carbocycles. The highest BCUT2D eigenvalue weighted by Gasteiger charge is 2.17.